The van der Waals surface area contributed by atoms with Crippen molar-refractivity contribution in [2.75, 3.05) is 13.2 Å². The monoisotopic (exact) mass is 308 g/mol. The lowest BCUT2D eigenvalue weighted by molar-refractivity contribution is 0.0577. The second-order valence-corrected chi connectivity index (χ2v) is 7.75. The van der Waals surface area contributed by atoms with Crippen molar-refractivity contribution in [2.24, 2.45) is 5.92 Å². The minimum atomic E-state index is -3.54. The number of hydrogen-bond donors (Lipinski definition) is 0. The molecule has 0 aromatic heterocycles. The summed E-state index contributed by atoms with van der Waals surface area (Å²) < 4.78 is 28.4. The summed E-state index contributed by atoms with van der Waals surface area (Å²) in [7, 11) is 1.96. The number of ether oxygens (including phenoxy) is 1. The van der Waals surface area contributed by atoms with Gasteiger partial charge in [-0.15, -0.1) is 0 Å². The Bertz CT molecular complexity index is 499. The highest BCUT2D eigenvalue weighted by atomic mass is 35.7. The molecule has 6 heteroatoms. The standard InChI is InChI=1S/C12H14Cl2O3S/c13-11-3-1-9(2-4-11)7-10-8-17-6-5-12(10)18(14,15)16/h1-4,10,12H,5-8H2/t10-,12-/m0/s1. The van der Waals surface area contributed by atoms with E-state index in [1.54, 1.807) is 12.1 Å². The van der Waals surface area contributed by atoms with Gasteiger partial charge in [0.15, 0.2) is 0 Å². The van der Waals surface area contributed by atoms with Gasteiger partial charge in [0.05, 0.1) is 11.9 Å². The van der Waals surface area contributed by atoms with Crippen molar-refractivity contribution in [3.05, 3.63) is 34.9 Å². The van der Waals surface area contributed by atoms with Crippen molar-refractivity contribution < 1.29 is 13.2 Å². The first-order valence-electron chi connectivity index (χ1n) is 5.72. The minimum absolute atomic E-state index is 0.0950. The largest absolute Gasteiger partial charge is 0.381 e. The maximum absolute atomic E-state index is 11.5. The van der Waals surface area contributed by atoms with Gasteiger partial charge in [-0.2, -0.15) is 0 Å². The molecule has 1 aromatic rings. The van der Waals surface area contributed by atoms with Crippen LogP contribution in [0.5, 0.6) is 0 Å². The zero-order valence-corrected chi connectivity index (χ0v) is 12.0. The van der Waals surface area contributed by atoms with Gasteiger partial charge in [0.2, 0.25) is 9.05 Å². The zero-order valence-electron chi connectivity index (χ0n) is 9.68. The molecule has 1 saturated heterocycles. The predicted octanol–water partition coefficient (Wildman–Crippen LogP) is 2.86. The average Bonchev–Trinajstić information content (AvgIpc) is 2.31. The van der Waals surface area contributed by atoms with Gasteiger partial charge in [0.1, 0.15) is 0 Å². The number of rotatable bonds is 3. The van der Waals surface area contributed by atoms with Crippen LogP contribution in [0.3, 0.4) is 0 Å². The Kier molecular flexibility index (Phi) is 4.54. The van der Waals surface area contributed by atoms with Crippen molar-refractivity contribution in [1.29, 1.82) is 0 Å². The van der Waals surface area contributed by atoms with E-state index in [0.29, 0.717) is 31.1 Å². The third-order valence-electron chi connectivity index (χ3n) is 3.18. The Morgan fingerprint density at radius 1 is 1.28 bits per heavy atom. The minimum Gasteiger partial charge on any atom is -0.381 e. The normalized spacial score (nSPS) is 25.0. The van der Waals surface area contributed by atoms with Gasteiger partial charge >= 0.3 is 0 Å². The molecule has 0 bridgehead atoms. The van der Waals surface area contributed by atoms with Crippen LogP contribution in [0, 0.1) is 5.92 Å². The highest BCUT2D eigenvalue weighted by Crippen LogP contribution is 2.28. The Labute approximate surface area is 116 Å². The second kappa shape index (κ2) is 5.78. The molecule has 0 aliphatic carbocycles. The van der Waals surface area contributed by atoms with Crippen LogP contribution < -0.4 is 0 Å². The number of halogens is 2. The highest BCUT2D eigenvalue weighted by molar-refractivity contribution is 8.14. The fourth-order valence-corrected chi connectivity index (χ4v) is 4.10. The van der Waals surface area contributed by atoms with E-state index in [9.17, 15) is 8.42 Å². The molecule has 18 heavy (non-hydrogen) atoms. The lowest BCUT2D eigenvalue weighted by Crippen LogP contribution is -2.37. The van der Waals surface area contributed by atoms with E-state index in [4.69, 9.17) is 27.0 Å². The molecule has 1 aliphatic rings. The molecule has 2 atom stereocenters. The SMILES string of the molecule is O=S(=O)(Cl)[C@H]1CCOC[C@@H]1Cc1ccc(Cl)cc1. The number of hydrogen-bond acceptors (Lipinski definition) is 3. The predicted molar refractivity (Wildman–Crippen MR) is 72.6 cm³/mol. The van der Waals surface area contributed by atoms with Crippen molar-refractivity contribution >= 4 is 31.3 Å². The van der Waals surface area contributed by atoms with Gasteiger partial charge in [-0.1, -0.05) is 23.7 Å². The Hall–Kier alpha value is -0.290. The molecule has 0 radical (unpaired) electrons. The quantitative estimate of drug-likeness (QED) is 0.806. The maximum Gasteiger partial charge on any atom is 0.235 e. The molecule has 0 saturated carbocycles. The van der Waals surface area contributed by atoms with Crippen molar-refractivity contribution in [2.45, 2.75) is 18.1 Å². The first-order valence-corrected chi connectivity index (χ1v) is 8.47. The van der Waals surface area contributed by atoms with Crippen LogP contribution in [-0.2, 0) is 20.2 Å². The molecule has 1 fully saturated rings. The van der Waals surface area contributed by atoms with Crippen LogP contribution >= 0.6 is 22.3 Å². The summed E-state index contributed by atoms with van der Waals surface area (Å²) >= 11 is 5.81. The first kappa shape index (κ1) is 14.1. The molecule has 1 aliphatic heterocycles. The highest BCUT2D eigenvalue weighted by Gasteiger charge is 2.34. The topological polar surface area (TPSA) is 43.4 Å². The van der Waals surface area contributed by atoms with Gasteiger partial charge < -0.3 is 4.74 Å². The van der Waals surface area contributed by atoms with Crippen LogP contribution in [0.2, 0.25) is 5.02 Å². The van der Waals surface area contributed by atoms with Gasteiger partial charge in [0, 0.05) is 28.2 Å². The van der Waals surface area contributed by atoms with Gasteiger partial charge in [0.25, 0.3) is 0 Å². The van der Waals surface area contributed by atoms with Crippen LogP contribution in [0.1, 0.15) is 12.0 Å². The summed E-state index contributed by atoms with van der Waals surface area (Å²) in [5, 5.41) is 0.142. The molecule has 0 amide bonds. The van der Waals surface area contributed by atoms with E-state index in [1.165, 1.54) is 0 Å². The fraction of sp³-hybridized carbons (Fsp3) is 0.500. The van der Waals surface area contributed by atoms with Crippen molar-refractivity contribution in [3.63, 3.8) is 0 Å². The third-order valence-corrected chi connectivity index (χ3v) is 5.46. The van der Waals surface area contributed by atoms with Crippen LogP contribution in [0.15, 0.2) is 24.3 Å². The lowest BCUT2D eigenvalue weighted by atomic mass is 9.94. The van der Waals surface area contributed by atoms with E-state index in [2.05, 4.69) is 0 Å². The molecule has 3 nitrogen and oxygen atoms in total. The van der Waals surface area contributed by atoms with Gasteiger partial charge in [-0.25, -0.2) is 8.42 Å². The van der Waals surface area contributed by atoms with E-state index in [1.807, 2.05) is 12.1 Å². The maximum atomic E-state index is 11.5. The van der Waals surface area contributed by atoms with Crippen LogP contribution in [0.4, 0.5) is 0 Å². The average molecular weight is 309 g/mol. The summed E-state index contributed by atoms with van der Waals surface area (Å²) in [5.41, 5.74) is 1.04. The zero-order chi connectivity index (χ0) is 13.2. The lowest BCUT2D eigenvalue weighted by Gasteiger charge is -2.29. The van der Waals surface area contributed by atoms with E-state index in [-0.39, 0.29) is 5.92 Å². The molecule has 1 aromatic carbocycles. The smallest absolute Gasteiger partial charge is 0.235 e. The van der Waals surface area contributed by atoms with Crippen LogP contribution in [-0.4, -0.2) is 26.9 Å². The van der Waals surface area contributed by atoms with Crippen molar-refractivity contribution in [3.8, 4) is 0 Å². The van der Waals surface area contributed by atoms with Gasteiger partial charge in [-0.3, -0.25) is 0 Å². The Morgan fingerprint density at radius 2 is 1.94 bits per heavy atom. The molecule has 100 valence electrons. The summed E-state index contributed by atoms with van der Waals surface area (Å²) in [6, 6.07) is 7.39. The Balaban J connectivity index is 2.13. The first-order chi connectivity index (χ1) is 8.47. The molecular formula is C12H14Cl2O3S. The molecule has 0 spiro atoms. The summed E-state index contributed by atoms with van der Waals surface area (Å²) in [5.74, 6) is -0.0950. The van der Waals surface area contributed by atoms with E-state index in [0.717, 1.165) is 5.56 Å². The van der Waals surface area contributed by atoms with Gasteiger partial charge in [-0.05, 0) is 30.5 Å². The summed E-state index contributed by atoms with van der Waals surface area (Å²) in [6.07, 6.45) is 1.10. The van der Waals surface area contributed by atoms with Crippen LogP contribution in [0.25, 0.3) is 0 Å². The molecule has 2 rings (SSSR count). The summed E-state index contributed by atoms with van der Waals surface area (Å²) in [4.78, 5) is 0. The third kappa shape index (κ3) is 3.60. The number of benzene rings is 1. The van der Waals surface area contributed by atoms with Crippen molar-refractivity contribution in [1.82, 2.24) is 0 Å². The van der Waals surface area contributed by atoms with E-state index >= 15 is 0 Å². The molecule has 0 unspecified atom stereocenters. The molecule has 1 heterocycles. The Morgan fingerprint density at radius 3 is 2.56 bits per heavy atom. The molecular weight excluding hydrogens is 295 g/mol. The summed E-state index contributed by atoms with van der Waals surface area (Å²) in [6.45, 7) is 0.882. The molecule has 0 N–H and O–H groups in total. The second-order valence-electron chi connectivity index (χ2n) is 4.47. The fourth-order valence-electron chi connectivity index (χ4n) is 2.26. The van der Waals surface area contributed by atoms with E-state index < -0.39 is 14.3 Å².